The quantitative estimate of drug-likeness (QED) is 0.787. The number of hydrogen-bond acceptors (Lipinski definition) is 1. The number of benzene rings is 1. The van der Waals surface area contributed by atoms with Gasteiger partial charge in [0.25, 0.3) is 0 Å². The Kier molecular flexibility index (Phi) is 2.61. The number of ketones is 1. The molecule has 0 saturated heterocycles. The van der Waals surface area contributed by atoms with E-state index >= 15 is 0 Å². The Bertz CT molecular complexity index is 559. The van der Waals surface area contributed by atoms with E-state index in [4.69, 9.17) is 11.6 Å². The zero-order valence-corrected chi connectivity index (χ0v) is 10.7. The van der Waals surface area contributed by atoms with Crippen LogP contribution in [0.25, 0.3) is 10.9 Å². The van der Waals surface area contributed by atoms with Crippen LogP contribution in [0.3, 0.4) is 0 Å². The molecule has 2 nitrogen and oxygen atoms in total. The van der Waals surface area contributed by atoms with Crippen LogP contribution < -0.4 is 0 Å². The molecule has 0 unspecified atom stereocenters. The summed E-state index contributed by atoms with van der Waals surface area (Å²) in [6.45, 7) is 3.45. The van der Waals surface area contributed by atoms with Crippen molar-refractivity contribution in [3.05, 3.63) is 32.9 Å². The summed E-state index contributed by atoms with van der Waals surface area (Å²) in [5, 5.41) is 1.61. The van der Waals surface area contributed by atoms with Crippen molar-refractivity contribution < 1.29 is 4.79 Å². The van der Waals surface area contributed by atoms with Crippen molar-refractivity contribution in [2.24, 2.45) is 0 Å². The number of H-pyrrole nitrogens is 1. The van der Waals surface area contributed by atoms with Crippen molar-refractivity contribution in [3.8, 4) is 0 Å². The van der Waals surface area contributed by atoms with E-state index in [1.54, 1.807) is 13.0 Å². The van der Waals surface area contributed by atoms with Gasteiger partial charge >= 0.3 is 0 Å². The van der Waals surface area contributed by atoms with Gasteiger partial charge in [0.2, 0.25) is 0 Å². The van der Waals surface area contributed by atoms with Crippen LogP contribution in [0.4, 0.5) is 0 Å². The van der Waals surface area contributed by atoms with Crippen LogP contribution in [-0.2, 0) is 0 Å². The van der Waals surface area contributed by atoms with Gasteiger partial charge in [-0.25, -0.2) is 0 Å². The molecule has 0 aliphatic carbocycles. The maximum atomic E-state index is 11.4. The first-order valence-corrected chi connectivity index (χ1v) is 5.66. The van der Waals surface area contributed by atoms with Crippen molar-refractivity contribution in [1.82, 2.24) is 4.98 Å². The van der Waals surface area contributed by atoms with Gasteiger partial charge in [-0.15, -0.1) is 0 Å². The molecule has 2 aromatic rings. The minimum absolute atomic E-state index is 0.0201. The molecule has 0 atom stereocenters. The number of aromatic nitrogens is 1. The predicted molar refractivity (Wildman–Crippen MR) is 65.8 cm³/mol. The van der Waals surface area contributed by atoms with Crippen LogP contribution in [0.15, 0.2) is 16.6 Å². The van der Waals surface area contributed by atoms with Crippen molar-refractivity contribution in [3.63, 3.8) is 0 Å². The summed E-state index contributed by atoms with van der Waals surface area (Å²) in [6, 6.07) is 3.68. The molecule has 2 rings (SSSR count). The van der Waals surface area contributed by atoms with E-state index in [1.807, 2.05) is 13.0 Å². The van der Waals surface area contributed by atoms with Crippen molar-refractivity contribution in [1.29, 1.82) is 0 Å². The summed E-state index contributed by atoms with van der Waals surface area (Å²) in [5.41, 5.74) is 2.37. The van der Waals surface area contributed by atoms with Crippen LogP contribution in [0.5, 0.6) is 0 Å². The number of carbonyl (C=O) groups excluding carboxylic acids is 1. The van der Waals surface area contributed by atoms with E-state index in [0.717, 1.165) is 20.9 Å². The number of rotatable bonds is 1. The minimum atomic E-state index is 0.0201. The summed E-state index contributed by atoms with van der Waals surface area (Å²) >= 11 is 9.51. The first kappa shape index (κ1) is 10.7. The third-order valence-electron chi connectivity index (χ3n) is 2.46. The van der Waals surface area contributed by atoms with Crippen LogP contribution in [0.2, 0.25) is 5.02 Å². The SMILES string of the molecule is CC(=O)c1[nH]c2c(Cl)ccc(Br)c2c1C. The Balaban J connectivity index is 2.93. The summed E-state index contributed by atoms with van der Waals surface area (Å²) in [5.74, 6) is 0.0201. The Hall–Kier alpha value is -0.800. The highest BCUT2D eigenvalue weighted by Gasteiger charge is 2.15. The standard InChI is InChI=1S/C11H9BrClNO/c1-5-9-7(12)3-4-8(13)11(9)14-10(5)6(2)15/h3-4,14H,1-2H3. The molecule has 0 bridgehead atoms. The second kappa shape index (κ2) is 3.65. The molecule has 0 aliphatic heterocycles. The van der Waals surface area contributed by atoms with Gasteiger partial charge in [-0.1, -0.05) is 27.5 Å². The van der Waals surface area contributed by atoms with Gasteiger partial charge in [0.15, 0.2) is 5.78 Å². The molecule has 1 N–H and O–H groups in total. The lowest BCUT2D eigenvalue weighted by Gasteiger charge is -1.97. The monoisotopic (exact) mass is 285 g/mol. The maximum absolute atomic E-state index is 11.4. The molecule has 15 heavy (non-hydrogen) atoms. The highest BCUT2D eigenvalue weighted by Crippen LogP contribution is 2.33. The predicted octanol–water partition coefficient (Wildman–Crippen LogP) is 4.09. The number of Topliss-reactive ketones (excluding diaryl/α,β-unsaturated/α-hetero) is 1. The second-order valence-corrected chi connectivity index (χ2v) is 4.72. The van der Waals surface area contributed by atoms with Gasteiger partial charge in [-0.2, -0.15) is 0 Å². The number of fused-ring (bicyclic) bond motifs is 1. The van der Waals surface area contributed by atoms with Gasteiger partial charge in [-0.3, -0.25) is 4.79 Å². The van der Waals surface area contributed by atoms with Gasteiger partial charge < -0.3 is 4.98 Å². The number of nitrogens with one attached hydrogen (secondary N) is 1. The van der Waals surface area contributed by atoms with Crippen LogP contribution in [0.1, 0.15) is 23.0 Å². The van der Waals surface area contributed by atoms with Crippen molar-refractivity contribution in [2.45, 2.75) is 13.8 Å². The number of hydrogen-bond donors (Lipinski definition) is 1. The van der Waals surface area contributed by atoms with Gasteiger partial charge in [0, 0.05) is 16.8 Å². The lowest BCUT2D eigenvalue weighted by atomic mass is 10.1. The molecule has 0 fully saturated rings. The lowest BCUT2D eigenvalue weighted by molar-refractivity contribution is 0.101. The Morgan fingerprint density at radius 3 is 2.67 bits per heavy atom. The minimum Gasteiger partial charge on any atom is -0.351 e. The van der Waals surface area contributed by atoms with Crippen molar-refractivity contribution in [2.75, 3.05) is 0 Å². The number of aromatic amines is 1. The molecule has 0 spiro atoms. The fraction of sp³-hybridized carbons (Fsp3) is 0.182. The third-order valence-corrected chi connectivity index (χ3v) is 3.43. The van der Waals surface area contributed by atoms with Crippen LogP contribution >= 0.6 is 27.5 Å². The summed E-state index contributed by atoms with van der Waals surface area (Å²) in [7, 11) is 0. The molecule has 0 saturated carbocycles. The number of carbonyl (C=O) groups is 1. The molecular weight excluding hydrogens is 277 g/mol. The molecule has 1 aromatic carbocycles. The lowest BCUT2D eigenvalue weighted by Crippen LogP contribution is -1.93. The van der Waals surface area contributed by atoms with Gasteiger partial charge in [0.05, 0.1) is 16.2 Å². The van der Waals surface area contributed by atoms with E-state index in [1.165, 1.54) is 0 Å². The Labute approximate surface area is 101 Å². The van der Waals surface area contributed by atoms with E-state index in [9.17, 15) is 4.79 Å². The molecule has 0 radical (unpaired) electrons. The van der Waals surface area contributed by atoms with Crippen LogP contribution in [0, 0.1) is 6.92 Å². The maximum Gasteiger partial charge on any atom is 0.176 e. The highest BCUT2D eigenvalue weighted by molar-refractivity contribution is 9.10. The van der Waals surface area contributed by atoms with Gasteiger partial charge in [0.1, 0.15) is 0 Å². The van der Waals surface area contributed by atoms with E-state index in [2.05, 4.69) is 20.9 Å². The first-order chi connectivity index (χ1) is 7.02. The van der Waals surface area contributed by atoms with E-state index in [-0.39, 0.29) is 5.78 Å². The smallest absolute Gasteiger partial charge is 0.176 e. The van der Waals surface area contributed by atoms with Gasteiger partial charge in [-0.05, 0) is 24.6 Å². The summed E-state index contributed by atoms with van der Waals surface area (Å²) in [6.07, 6.45) is 0. The molecule has 4 heteroatoms. The highest BCUT2D eigenvalue weighted by atomic mass is 79.9. The summed E-state index contributed by atoms with van der Waals surface area (Å²) < 4.78 is 0.947. The zero-order chi connectivity index (χ0) is 11.2. The Morgan fingerprint density at radius 1 is 1.47 bits per heavy atom. The third kappa shape index (κ3) is 1.60. The van der Waals surface area contributed by atoms with E-state index < -0.39 is 0 Å². The van der Waals surface area contributed by atoms with E-state index in [0.29, 0.717) is 10.7 Å². The average Bonchev–Trinajstić information content (AvgIpc) is 2.51. The zero-order valence-electron chi connectivity index (χ0n) is 8.32. The molecule has 1 aromatic heterocycles. The molecule has 1 heterocycles. The molecule has 0 aliphatic rings. The second-order valence-electron chi connectivity index (χ2n) is 3.46. The topological polar surface area (TPSA) is 32.9 Å². The fourth-order valence-corrected chi connectivity index (χ4v) is 2.57. The normalized spacial score (nSPS) is 10.9. The summed E-state index contributed by atoms with van der Waals surface area (Å²) in [4.78, 5) is 14.4. The first-order valence-electron chi connectivity index (χ1n) is 4.49. The molecule has 78 valence electrons. The fourth-order valence-electron chi connectivity index (χ4n) is 1.74. The van der Waals surface area contributed by atoms with Crippen molar-refractivity contribution >= 4 is 44.2 Å². The Morgan fingerprint density at radius 2 is 2.13 bits per heavy atom. The molecular formula is C11H9BrClNO. The molecule has 0 amide bonds. The van der Waals surface area contributed by atoms with Crippen LogP contribution in [-0.4, -0.2) is 10.8 Å². The average molecular weight is 287 g/mol. The number of aryl methyl sites for hydroxylation is 1. The largest absolute Gasteiger partial charge is 0.351 e. The number of halogens is 2.